The van der Waals surface area contributed by atoms with E-state index in [1.54, 1.807) is 6.07 Å². The number of anilines is 1. The molecule has 146 valence electrons. The van der Waals surface area contributed by atoms with Gasteiger partial charge in [-0.3, -0.25) is 0 Å². The first-order chi connectivity index (χ1) is 12.2. The summed E-state index contributed by atoms with van der Waals surface area (Å²) in [6.07, 6.45) is 7.42. The first kappa shape index (κ1) is 21.2. The smallest absolute Gasteiger partial charge is 0.189 e. The van der Waals surface area contributed by atoms with Gasteiger partial charge in [-0.15, -0.1) is 24.0 Å². The molecule has 1 aromatic carbocycles. The topological polar surface area (TPSA) is 62.9 Å². The molecule has 1 aliphatic carbocycles. The average molecular weight is 476 g/mol. The summed E-state index contributed by atoms with van der Waals surface area (Å²) >= 11 is 0. The summed E-state index contributed by atoms with van der Waals surface area (Å²) in [5, 5.41) is 3.32. The van der Waals surface area contributed by atoms with Crippen molar-refractivity contribution in [1.82, 2.24) is 5.32 Å². The van der Waals surface area contributed by atoms with Crippen molar-refractivity contribution in [2.24, 2.45) is 10.7 Å². The van der Waals surface area contributed by atoms with E-state index in [4.69, 9.17) is 10.5 Å². The fraction of sp³-hybridized carbons (Fsp3) is 0.632. The normalized spacial score (nSPS) is 19.6. The Labute approximate surface area is 172 Å². The molecule has 2 aliphatic rings. The van der Waals surface area contributed by atoms with E-state index < -0.39 is 0 Å². The van der Waals surface area contributed by atoms with Crippen molar-refractivity contribution in [3.63, 3.8) is 0 Å². The molecule has 0 amide bonds. The second-order valence-electron chi connectivity index (χ2n) is 6.92. The second kappa shape index (κ2) is 10.9. The summed E-state index contributed by atoms with van der Waals surface area (Å²) in [7, 11) is 0. The maximum Gasteiger partial charge on any atom is 0.189 e. The Bertz CT molecular complexity index is 585. The molecule has 3 rings (SSSR count). The minimum atomic E-state index is -0.204. The van der Waals surface area contributed by atoms with Crippen LogP contribution in [-0.2, 0) is 11.3 Å². The van der Waals surface area contributed by atoms with E-state index in [2.05, 4.69) is 10.3 Å². The lowest BCUT2D eigenvalue weighted by atomic mass is 10.1. The van der Waals surface area contributed by atoms with E-state index in [-0.39, 0.29) is 29.8 Å². The van der Waals surface area contributed by atoms with Crippen LogP contribution in [0, 0.1) is 5.82 Å². The SMILES string of the molecule is I.NC(=NCc1ccc(N2CCOCC2)c(F)c1)NC1CCCCCC1. The van der Waals surface area contributed by atoms with E-state index >= 15 is 0 Å². The zero-order valence-electron chi connectivity index (χ0n) is 15.3. The Morgan fingerprint density at radius 3 is 2.54 bits per heavy atom. The number of nitrogens with one attached hydrogen (secondary N) is 1. The lowest BCUT2D eigenvalue weighted by Gasteiger charge is -2.29. The van der Waals surface area contributed by atoms with Gasteiger partial charge in [-0.2, -0.15) is 0 Å². The highest BCUT2D eigenvalue weighted by molar-refractivity contribution is 14.0. The standard InChI is InChI=1S/C19H29FN4O.HI/c20-17-13-15(7-8-18(17)24-9-11-25-12-10-24)14-22-19(21)23-16-5-3-1-2-4-6-16;/h7-8,13,16H,1-6,9-12,14H2,(H3,21,22,23);1H. The van der Waals surface area contributed by atoms with Gasteiger partial charge in [0.2, 0.25) is 0 Å². The number of morpholine rings is 1. The van der Waals surface area contributed by atoms with Crippen molar-refractivity contribution < 1.29 is 9.13 Å². The minimum Gasteiger partial charge on any atom is -0.378 e. The van der Waals surface area contributed by atoms with Crippen LogP contribution in [-0.4, -0.2) is 38.3 Å². The Morgan fingerprint density at radius 2 is 1.88 bits per heavy atom. The van der Waals surface area contributed by atoms with E-state index in [0.717, 1.165) is 31.5 Å². The van der Waals surface area contributed by atoms with Crippen molar-refractivity contribution in [2.45, 2.75) is 51.1 Å². The molecule has 1 saturated heterocycles. The van der Waals surface area contributed by atoms with Crippen LogP contribution in [0.25, 0.3) is 0 Å². The minimum absolute atomic E-state index is 0. The molecule has 1 saturated carbocycles. The third-order valence-corrected chi connectivity index (χ3v) is 5.00. The monoisotopic (exact) mass is 476 g/mol. The number of nitrogens with two attached hydrogens (primary N) is 1. The fourth-order valence-electron chi connectivity index (χ4n) is 3.56. The van der Waals surface area contributed by atoms with Gasteiger partial charge in [0, 0.05) is 19.1 Å². The highest BCUT2D eigenvalue weighted by atomic mass is 127. The Hall–Kier alpha value is -1.09. The molecule has 0 atom stereocenters. The molecule has 26 heavy (non-hydrogen) atoms. The number of ether oxygens (including phenoxy) is 1. The molecule has 0 aromatic heterocycles. The Balaban J connectivity index is 0.00000243. The predicted octanol–water partition coefficient (Wildman–Crippen LogP) is 3.41. The number of benzene rings is 1. The first-order valence-electron chi connectivity index (χ1n) is 9.40. The van der Waals surface area contributed by atoms with Crippen molar-refractivity contribution in [2.75, 3.05) is 31.2 Å². The summed E-state index contributed by atoms with van der Waals surface area (Å²) in [6.45, 7) is 3.15. The van der Waals surface area contributed by atoms with Crippen LogP contribution in [0.15, 0.2) is 23.2 Å². The van der Waals surface area contributed by atoms with Gasteiger partial charge in [0.25, 0.3) is 0 Å². The molecule has 1 aliphatic heterocycles. The maximum absolute atomic E-state index is 14.4. The molecule has 2 fully saturated rings. The molecule has 1 aromatic rings. The molecule has 0 spiro atoms. The van der Waals surface area contributed by atoms with Gasteiger partial charge in [-0.25, -0.2) is 9.38 Å². The molecule has 7 heteroatoms. The second-order valence-corrected chi connectivity index (χ2v) is 6.92. The van der Waals surface area contributed by atoms with Crippen LogP contribution < -0.4 is 16.0 Å². The fourth-order valence-corrected chi connectivity index (χ4v) is 3.56. The number of hydrogen-bond acceptors (Lipinski definition) is 3. The van der Waals surface area contributed by atoms with Crippen molar-refractivity contribution >= 4 is 35.6 Å². The number of guanidine groups is 1. The van der Waals surface area contributed by atoms with Crippen molar-refractivity contribution in [1.29, 1.82) is 0 Å². The average Bonchev–Trinajstić information content (AvgIpc) is 2.89. The lowest BCUT2D eigenvalue weighted by molar-refractivity contribution is 0.122. The zero-order valence-corrected chi connectivity index (χ0v) is 17.6. The van der Waals surface area contributed by atoms with Gasteiger partial charge >= 0.3 is 0 Å². The quantitative estimate of drug-likeness (QED) is 0.303. The molecular formula is C19H30FIN4O. The van der Waals surface area contributed by atoms with Crippen LogP contribution in [0.2, 0.25) is 0 Å². The number of halogens is 2. The van der Waals surface area contributed by atoms with Crippen LogP contribution in [0.3, 0.4) is 0 Å². The van der Waals surface area contributed by atoms with Gasteiger partial charge in [0.15, 0.2) is 5.96 Å². The molecule has 0 unspecified atom stereocenters. The van der Waals surface area contributed by atoms with Crippen LogP contribution in [0.5, 0.6) is 0 Å². The zero-order chi connectivity index (χ0) is 17.5. The summed E-state index contributed by atoms with van der Waals surface area (Å²) in [5.74, 6) is 0.259. The van der Waals surface area contributed by atoms with Crippen molar-refractivity contribution in [3.05, 3.63) is 29.6 Å². The summed E-state index contributed by atoms with van der Waals surface area (Å²) in [5.41, 5.74) is 7.48. The maximum atomic E-state index is 14.4. The van der Waals surface area contributed by atoms with Crippen molar-refractivity contribution in [3.8, 4) is 0 Å². The highest BCUT2D eigenvalue weighted by Crippen LogP contribution is 2.22. The van der Waals surface area contributed by atoms with E-state index in [1.165, 1.54) is 25.7 Å². The molecule has 3 N–H and O–H groups in total. The number of hydrogen-bond donors (Lipinski definition) is 2. The number of rotatable bonds is 4. The van der Waals surface area contributed by atoms with Crippen LogP contribution >= 0.6 is 24.0 Å². The van der Waals surface area contributed by atoms with E-state index in [9.17, 15) is 4.39 Å². The summed E-state index contributed by atoms with van der Waals surface area (Å²) in [4.78, 5) is 6.41. The van der Waals surface area contributed by atoms with E-state index in [0.29, 0.717) is 37.4 Å². The first-order valence-corrected chi connectivity index (χ1v) is 9.40. The third-order valence-electron chi connectivity index (χ3n) is 5.00. The van der Waals surface area contributed by atoms with Crippen LogP contribution in [0.1, 0.15) is 44.1 Å². The van der Waals surface area contributed by atoms with E-state index in [1.807, 2.05) is 17.0 Å². The molecule has 5 nitrogen and oxygen atoms in total. The molecule has 0 radical (unpaired) electrons. The Morgan fingerprint density at radius 1 is 1.19 bits per heavy atom. The molecule has 1 heterocycles. The largest absolute Gasteiger partial charge is 0.378 e. The molecule has 0 bridgehead atoms. The number of aliphatic imine (C=N–C) groups is 1. The highest BCUT2D eigenvalue weighted by Gasteiger charge is 2.15. The van der Waals surface area contributed by atoms with Gasteiger partial charge in [-0.05, 0) is 30.5 Å². The lowest BCUT2D eigenvalue weighted by Crippen LogP contribution is -2.39. The Kier molecular flexibility index (Phi) is 8.90. The van der Waals surface area contributed by atoms with Gasteiger partial charge in [0.1, 0.15) is 5.82 Å². The summed E-state index contributed by atoms with van der Waals surface area (Å²) in [6, 6.07) is 5.75. The van der Waals surface area contributed by atoms with Crippen LogP contribution in [0.4, 0.5) is 10.1 Å². The third kappa shape index (κ3) is 6.26. The number of nitrogens with zero attached hydrogens (tertiary/aromatic N) is 2. The predicted molar refractivity (Wildman–Crippen MR) is 115 cm³/mol. The molecular weight excluding hydrogens is 446 g/mol. The van der Waals surface area contributed by atoms with Gasteiger partial charge in [-0.1, -0.05) is 31.7 Å². The van der Waals surface area contributed by atoms with Gasteiger partial charge in [0.05, 0.1) is 25.4 Å². The van der Waals surface area contributed by atoms with Gasteiger partial charge < -0.3 is 20.7 Å². The summed E-state index contributed by atoms with van der Waals surface area (Å²) < 4.78 is 19.7.